The van der Waals surface area contributed by atoms with Crippen molar-refractivity contribution in [3.05, 3.63) is 12.1 Å². The summed E-state index contributed by atoms with van der Waals surface area (Å²) in [6, 6.07) is 3.53. The molecule has 2 N–H and O–H groups in total. The highest BCUT2D eigenvalue weighted by atomic mass is 32.2. The van der Waals surface area contributed by atoms with Crippen molar-refractivity contribution >= 4 is 28.8 Å². The molecule has 0 bridgehead atoms. The lowest BCUT2D eigenvalue weighted by atomic mass is 10.2. The Morgan fingerprint density at radius 2 is 1.90 bits per heavy atom. The maximum Gasteiger partial charge on any atom is 0.319 e. The summed E-state index contributed by atoms with van der Waals surface area (Å²) >= 11 is 1.16. The molecule has 0 amide bonds. The third-order valence-corrected chi connectivity index (χ3v) is 3.90. The highest BCUT2D eigenvalue weighted by Crippen LogP contribution is 2.35. The number of fused-ring (bicyclic) bond motifs is 1. The zero-order valence-electron chi connectivity index (χ0n) is 11.7. The lowest BCUT2D eigenvalue weighted by Crippen LogP contribution is -2.27. The van der Waals surface area contributed by atoms with E-state index >= 15 is 0 Å². The number of carboxylic acid groups (broad SMARTS) is 1. The first-order valence-electron chi connectivity index (χ1n) is 5.91. The molecule has 0 fully saturated rings. The van der Waals surface area contributed by atoms with E-state index in [-0.39, 0.29) is 0 Å². The summed E-state index contributed by atoms with van der Waals surface area (Å²) < 4.78 is 9.48. The van der Waals surface area contributed by atoms with Gasteiger partial charge in [-0.1, -0.05) is 11.8 Å². The Morgan fingerprint density at radius 1 is 1.30 bits per heavy atom. The molecule has 2 aromatic rings. The Hall–Kier alpha value is -1.89. The van der Waals surface area contributed by atoms with Gasteiger partial charge >= 0.3 is 5.97 Å². The van der Waals surface area contributed by atoms with E-state index in [0.717, 1.165) is 17.3 Å². The summed E-state index contributed by atoms with van der Waals surface area (Å²) in [5, 5.41) is 9.68. The smallest absolute Gasteiger partial charge is 0.319 e. The summed E-state index contributed by atoms with van der Waals surface area (Å²) in [7, 11) is 3.11. The van der Waals surface area contributed by atoms with Crippen molar-refractivity contribution in [2.75, 3.05) is 14.2 Å². The van der Waals surface area contributed by atoms with E-state index in [9.17, 15) is 4.79 Å². The number of hydrogen-bond acceptors (Lipinski definition) is 5. The summed E-state index contributed by atoms with van der Waals surface area (Å²) in [5.74, 6) is 0.288. The van der Waals surface area contributed by atoms with Crippen molar-refractivity contribution in [3.8, 4) is 11.5 Å². The molecule has 1 aromatic carbocycles. The minimum Gasteiger partial charge on any atom is -0.493 e. The Morgan fingerprint density at radius 3 is 2.45 bits per heavy atom. The topological polar surface area (TPSA) is 84.4 Å². The van der Waals surface area contributed by atoms with Crippen LogP contribution in [0, 0.1) is 0 Å². The second-order valence-electron chi connectivity index (χ2n) is 4.68. The summed E-state index contributed by atoms with van der Waals surface area (Å²) in [5.41, 5.74) is 1.47. The minimum absolute atomic E-state index is 0.544. The standard InChI is InChI=1S/C13H16N2O4S/c1-13(2,11(16)17)20-12-14-7-5-9(18-3)10(19-4)6-8(7)15-12/h5-6H,1-4H3,(H,14,15)(H,16,17). The van der Waals surface area contributed by atoms with E-state index in [4.69, 9.17) is 14.6 Å². The van der Waals surface area contributed by atoms with E-state index in [1.807, 2.05) is 0 Å². The van der Waals surface area contributed by atoms with Crippen LogP contribution in [0.5, 0.6) is 11.5 Å². The number of methoxy groups -OCH3 is 2. The molecule has 0 unspecified atom stereocenters. The summed E-state index contributed by atoms with van der Waals surface area (Å²) in [6.45, 7) is 3.27. The van der Waals surface area contributed by atoms with Gasteiger partial charge < -0.3 is 19.6 Å². The van der Waals surface area contributed by atoms with Crippen molar-refractivity contribution in [1.82, 2.24) is 9.97 Å². The van der Waals surface area contributed by atoms with Crippen LogP contribution in [0.4, 0.5) is 0 Å². The molecular formula is C13H16N2O4S. The van der Waals surface area contributed by atoms with Gasteiger partial charge in [-0.25, -0.2) is 4.98 Å². The van der Waals surface area contributed by atoms with Gasteiger partial charge in [-0.15, -0.1) is 0 Å². The van der Waals surface area contributed by atoms with Crippen LogP contribution in [-0.4, -0.2) is 40.0 Å². The Balaban J connectivity index is 2.41. The highest BCUT2D eigenvalue weighted by Gasteiger charge is 2.30. The number of rotatable bonds is 5. The van der Waals surface area contributed by atoms with E-state index in [2.05, 4.69) is 9.97 Å². The number of aromatic nitrogens is 2. The highest BCUT2D eigenvalue weighted by molar-refractivity contribution is 8.01. The second kappa shape index (κ2) is 5.24. The second-order valence-corrected chi connectivity index (χ2v) is 6.30. The molecule has 0 aliphatic carbocycles. The molecule has 0 spiro atoms. The molecule has 0 saturated heterocycles. The zero-order valence-corrected chi connectivity index (χ0v) is 12.5. The van der Waals surface area contributed by atoms with Crippen LogP contribution in [0.2, 0.25) is 0 Å². The fraction of sp³-hybridized carbons (Fsp3) is 0.385. The van der Waals surface area contributed by atoms with Gasteiger partial charge in [0.1, 0.15) is 4.75 Å². The third kappa shape index (κ3) is 2.67. The number of nitrogens with zero attached hydrogens (tertiary/aromatic N) is 1. The lowest BCUT2D eigenvalue weighted by molar-refractivity contribution is -0.138. The van der Waals surface area contributed by atoms with Crippen LogP contribution in [0.15, 0.2) is 17.3 Å². The number of carboxylic acids is 1. The van der Waals surface area contributed by atoms with Gasteiger partial charge in [-0.2, -0.15) is 0 Å². The van der Waals surface area contributed by atoms with Gasteiger partial charge in [0.15, 0.2) is 16.7 Å². The molecule has 7 heteroatoms. The van der Waals surface area contributed by atoms with Crippen molar-refractivity contribution in [1.29, 1.82) is 0 Å². The van der Waals surface area contributed by atoms with Crippen LogP contribution in [-0.2, 0) is 4.79 Å². The van der Waals surface area contributed by atoms with E-state index in [0.29, 0.717) is 22.2 Å². The lowest BCUT2D eigenvalue weighted by Gasteiger charge is -2.15. The minimum atomic E-state index is -0.956. The number of ether oxygens (including phenoxy) is 2. The zero-order chi connectivity index (χ0) is 14.9. The van der Waals surface area contributed by atoms with Crippen LogP contribution in [0.25, 0.3) is 11.0 Å². The number of aliphatic carboxylic acids is 1. The van der Waals surface area contributed by atoms with Crippen LogP contribution in [0.1, 0.15) is 13.8 Å². The number of nitrogens with one attached hydrogen (secondary N) is 1. The number of aromatic amines is 1. The van der Waals surface area contributed by atoms with Gasteiger partial charge in [0.25, 0.3) is 0 Å². The van der Waals surface area contributed by atoms with Crippen molar-refractivity contribution in [2.45, 2.75) is 23.8 Å². The fourth-order valence-electron chi connectivity index (χ4n) is 1.65. The van der Waals surface area contributed by atoms with Crippen molar-refractivity contribution in [3.63, 3.8) is 0 Å². The van der Waals surface area contributed by atoms with Gasteiger partial charge in [0, 0.05) is 12.1 Å². The molecular weight excluding hydrogens is 280 g/mol. The molecule has 0 aliphatic rings. The molecule has 0 saturated carbocycles. The summed E-state index contributed by atoms with van der Waals surface area (Å²) in [4.78, 5) is 18.6. The molecule has 20 heavy (non-hydrogen) atoms. The number of imidazole rings is 1. The molecule has 1 aromatic heterocycles. The van der Waals surface area contributed by atoms with E-state index in [1.54, 1.807) is 40.2 Å². The molecule has 1 heterocycles. The first-order valence-corrected chi connectivity index (χ1v) is 6.73. The monoisotopic (exact) mass is 296 g/mol. The van der Waals surface area contributed by atoms with Crippen molar-refractivity contribution < 1.29 is 19.4 Å². The molecule has 108 valence electrons. The number of H-pyrrole nitrogens is 1. The number of benzene rings is 1. The van der Waals surface area contributed by atoms with E-state index < -0.39 is 10.7 Å². The average Bonchev–Trinajstić information content (AvgIpc) is 2.76. The van der Waals surface area contributed by atoms with Crippen LogP contribution < -0.4 is 9.47 Å². The van der Waals surface area contributed by atoms with E-state index in [1.165, 1.54) is 0 Å². The SMILES string of the molecule is COc1cc2nc(SC(C)(C)C(=O)O)[nH]c2cc1OC. The fourth-order valence-corrected chi connectivity index (χ4v) is 2.52. The van der Waals surface area contributed by atoms with Gasteiger partial charge in [-0.05, 0) is 13.8 Å². The quantitative estimate of drug-likeness (QED) is 0.825. The predicted octanol–water partition coefficient (Wildman–Crippen LogP) is 2.54. The predicted molar refractivity (Wildman–Crippen MR) is 76.8 cm³/mol. The van der Waals surface area contributed by atoms with Crippen LogP contribution >= 0.6 is 11.8 Å². The Kier molecular flexibility index (Phi) is 3.80. The number of hydrogen-bond donors (Lipinski definition) is 2. The Bertz CT molecular complexity index is 610. The van der Waals surface area contributed by atoms with Gasteiger partial charge in [-0.3, -0.25) is 4.79 Å². The Labute approximate surface area is 120 Å². The normalized spacial score (nSPS) is 11.6. The largest absolute Gasteiger partial charge is 0.493 e. The molecule has 0 aliphatic heterocycles. The number of thioether (sulfide) groups is 1. The maximum absolute atomic E-state index is 11.1. The van der Waals surface area contributed by atoms with Crippen LogP contribution in [0.3, 0.4) is 0 Å². The molecule has 6 nitrogen and oxygen atoms in total. The summed E-state index contributed by atoms with van der Waals surface area (Å²) in [6.07, 6.45) is 0. The molecule has 2 rings (SSSR count). The van der Waals surface area contributed by atoms with Gasteiger partial charge in [0.05, 0.1) is 25.3 Å². The number of carbonyl (C=O) groups is 1. The first-order chi connectivity index (χ1) is 9.37. The maximum atomic E-state index is 11.1. The third-order valence-electron chi connectivity index (χ3n) is 2.83. The van der Waals surface area contributed by atoms with Crippen molar-refractivity contribution in [2.24, 2.45) is 0 Å². The van der Waals surface area contributed by atoms with Gasteiger partial charge in [0.2, 0.25) is 0 Å². The molecule has 0 radical (unpaired) electrons. The molecule has 0 atom stereocenters. The average molecular weight is 296 g/mol. The first kappa shape index (κ1) is 14.5.